The van der Waals surface area contributed by atoms with Gasteiger partial charge >= 0.3 is 5.97 Å². The minimum absolute atomic E-state index is 0.200. The van der Waals surface area contributed by atoms with Crippen LogP contribution < -0.4 is 5.32 Å². The van der Waals surface area contributed by atoms with E-state index >= 15 is 0 Å². The topological polar surface area (TPSA) is 92.8 Å². The van der Waals surface area contributed by atoms with E-state index in [0.29, 0.717) is 23.4 Å². The van der Waals surface area contributed by atoms with E-state index < -0.39 is 17.3 Å². The third kappa shape index (κ3) is 4.08. The number of hydrogen-bond donors (Lipinski definition) is 1. The molecular formula is C21H28N2O5S. The van der Waals surface area contributed by atoms with Gasteiger partial charge in [-0.3, -0.25) is 19.3 Å². The van der Waals surface area contributed by atoms with Gasteiger partial charge in [0.25, 0.3) is 0 Å². The molecule has 1 saturated heterocycles. The van der Waals surface area contributed by atoms with Gasteiger partial charge in [-0.25, -0.2) is 4.79 Å². The van der Waals surface area contributed by atoms with Crippen LogP contribution in [0.4, 0.5) is 5.00 Å². The lowest BCUT2D eigenvalue weighted by molar-refractivity contribution is -0.144. The van der Waals surface area contributed by atoms with Gasteiger partial charge in [0, 0.05) is 11.3 Å². The fourth-order valence-electron chi connectivity index (χ4n) is 4.38. The van der Waals surface area contributed by atoms with Crippen LogP contribution in [0.2, 0.25) is 0 Å². The fourth-order valence-corrected chi connectivity index (χ4v) is 5.53. The summed E-state index contributed by atoms with van der Waals surface area (Å²) in [6, 6.07) is 0. The number of likely N-dealkylation sites (tertiary alicyclic amines) is 1. The molecule has 3 rings (SSSR count). The number of imide groups is 1. The number of amides is 3. The molecule has 2 fully saturated rings. The molecule has 1 aliphatic carbocycles. The first-order chi connectivity index (χ1) is 13.8. The van der Waals surface area contributed by atoms with Gasteiger partial charge in [0.05, 0.1) is 17.6 Å². The Hall–Kier alpha value is -2.22. The van der Waals surface area contributed by atoms with E-state index in [2.05, 4.69) is 5.32 Å². The summed E-state index contributed by atoms with van der Waals surface area (Å²) in [6.45, 7) is 5.45. The molecule has 0 radical (unpaired) electrons. The van der Waals surface area contributed by atoms with Crippen molar-refractivity contribution in [3.63, 3.8) is 0 Å². The van der Waals surface area contributed by atoms with Crippen molar-refractivity contribution in [2.24, 2.45) is 5.41 Å². The van der Waals surface area contributed by atoms with Crippen LogP contribution in [-0.2, 0) is 25.5 Å². The molecule has 0 bridgehead atoms. The second-order valence-electron chi connectivity index (χ2n) is 7.78. The zero-order chi connectivity index (χ0) is 21.2. The number of carbonyl (C=O) groups is 4. The van der Waals surface area contributed by atoms with E-state index in [0.717, 1.165) is 41.0 Å². The lowest BCUT2D eigenvalue weighted by Gasteiger charge is -2.30. The van der Waals surface area contributed by atoms with E-state index in [1.807, 2.05) is 13.8 Å². The molecule has 158 valence electrons. The summed E-state index contributed by atoms with van der Waals surface area (Å²) >= 11 is 1.33. The number of anilines is 1. The first-order valence-corrected chi connectivity index (χ1v) is 11.1. The van der Waals surface area contributed by atoms with E-state index in [1.165, 1.54) is 11.3 Å². The van der Waals surface area contributed by atoms with Crippen LogP contribution >= 0.6 is 11.3 Å². The van der Waals surface area contributed by atoms with Crippen LogP contribution in [0.5, 0.6) is 0 Å². The molecule has 8 heteroatoms. The summed E-state index contributed by atoms with van der Waals surface area (Å²) in [5, 5.41) is 3.15. The molecule has 1 aromatic rings. The fraction of sp³-hybridized carbons (Fsp3) is 0.619. The summed E-state index contributed by atoms with van der Waals surface area (Å²) < 4.78 is 5.13. The molecule has 1 aromatic heterocycles. The van der Waals surface area contributed by atoms with Crippen LogP contribution in [0.3, 0.4) is 0 Å². The number of nitrogens with one attached hydrogen (secondary N) is 1. The lowest BCUT2D eigenvalue weighted by Crippen LogP contribution is -2.41. The van der Waals surface area contributed by atoms with E-state index in [1.54, 1.807) is 6.92 Å². The monoisotopic (exact) mass is 420 g/mol. The largest absolute Gasteiger partial charge is 0.462 e. The van der Waals surface area contributed by atoms with Crippen molar-refractivity contribution in [3.05, 3.63) is 16.0 Å². The second kappa shape index (κ2) is 8.65. The average Bonchev–Trinajstić information content (AvgIpc) is 3.11. The Bertz CT molecular complexity index is 838. The van der Waals surface area contributed by atoms with Gasteiger partial charge in [0.1, 0.15) is 11.5 Å². The number of aryl methyl sites for hydroxylation is 1. The number of nitrogens with zero attached hydrogens (tertiary/aromatic N) is 1. The molecule has 0 unspecified atom stereocenters. The van der Waals surface area contributed by atoms with Crippen molar-refractivity contribution in [2.75, 3.05) is 18.5 Å². The van der Waals surface area contributed by atoms with Gasteiger partial charge in [0.15, 0.2) is 0 Å². The summed E-state index contributed by atoms with van der Waals surface area (Å²) in [6.07, 6.45) is 5.32. The quantitative estimate of drug-likeness (QED) is 0.562. The highest BCUT2D eigenvalue weighted by atomic mass is 32.1. The summed E-state index contributed by atoms with van der Waals surface area (Å²) in [5.41, 5.74) is 0.534. The molecule has 0 aromatic carbocycles. The highest BCUT2D eigenvalue weighted by Crippen LogP contribution is 2.45. The van der Waals surface area contributed by atoms with Crippen molar-refractivity contribution in [1.82, 2.24) is 4.90 Å². The van der Waals surface area contributed by atoms with Crippen LogP contribution in [0.25, 0.3) is 0 Å². The molecule has 0 atom stereocenters. The van der Waals surface area contributed by atoms with E-state index in [4.69, 9.17) is 4.74 Å². The molecule has 2 heterocycles. The van der Waals surface area contributed by atoms with Crippen LogP contribution in [0.1, 0.15) is 73.2 Å². The maximum Gasteiger partial charge on any atom is 0.341 e. The van der Waals surface area contributed by atoms with Crippen LogP contribution in [0.15, 0.2) is 0 Å². The van der Waals surface area contributed by atoms with Gasteiger partial charge in [-0.1, -0.05) is 26.2 Å². The predicted molar refractivity (Wildman–Crippen MR) is 110 cm³/mol. The molecule has 2 aliphatic rings. The minimum Gasteiger partial charge on any atom is -0.462 e. The maximum atomic E-state index is 12.9. The molecule has 1 N–H and O–H groups in total. The Morgan fingerprint density at radius 2 is 1.86 bits per heavy atom. The summed E-state index contributed by atoms with van der Waals surface area (Å²) in [5.74, 6) is -1.46. The highest BCUT2D eigenvalue weighted by Gasteiger charge is 2.51. The zero-order valence-corrected chi connectivity index (χ0v) is 18.1. The number of hydrogen-bond acceptors (Lipinski definition) is 6. The van der Waals surface area contributed by atoms with Crippen LogP contribution in [0, 0.1) is 12.3 Å². The molecule has 1 saturated carbocycles. The Morgan fingerprint density at radius 1 is 1.17 bits per heavy atom. The molecule has 3 amide bonds. The van der Waals surface area contributed by atoms with E-state index in [9.17, 15) is 19.2 Å². The van der Waals surface area contributed by atoms with Crippen molar-refractivity contribution in [2.45, 2.75) is 65.7 Å². The van der Waals surface area contributed by atoms with Gasteiger partial charge < -0.3 is 10.1 Å². The number of ether oxygens (including phenoxy) is 1. The maximum absolute atomic E-state index is 12.9. The van der Waals surface area contributed by atoms with Crippen molar-refractivity contribution >= 4 is 40.0 Å². The van der Waals surface area contributed by atoms with Crippen molar-refractivity contribution in [1.29, 1.82) is 0 Å². The van der Waals surface area contributed by atoms with Gasteiger partial charge in [-0.2, -0.15) is 0 Å². The smallest absolute Gasteiger partial charge is 0.341 e. The lowest BCUT2D eigenvalue weighted by atomic mass is 9.73. The predicted octanol–water partition coefficient (Wildman–Crippen LogP) is 3.44. The summed E-state index contributed by atoms with van der Waals surface area (Å²) in [7, 11) is 0. The molecular weight excluding hydrogens is 392 g/mol. The normalized spacial score (nSPS) is 18.4. The number of thiophene rings is 1. The first kappa shape index (κ1) is 21.5. The Kier molecular flexibility index (Phi) is 6.41. The molecule has 7 nitrogen and oxygen atoms in total. The Morgan fingerprint density at radius 3 is 2.48 bits per heavy atom. The minimum atomic E-state index is -0.611. The number of rotatable bonds is 6. The molecule has 1 aliphatic heterocycles. The Balaban J connectivity index is 1.75. The Labute approximate surface area is 174 Å². The SMILES string of the molecule is CCOC(=O)c1c(NC(=O)CN2C(=O)CC3(CCCCC3)C2=O)sc(CC)c1C. The highest BCUT2D eigenvalue weighted by molar-refractivity contribution is 7.17. The van der Waals surface area contributed by atoms with Crippen molar-refractivity contribution in [3.8, 4) is 0 Å². The summed E-state index contributed by atoms with van der Waals surface area (Å²) in [4.78, 5) is 52.5. The standard InChI is InChI=1S/C21H28N2O5S/c1-4-14-13(3)17(19(26)28-5-2)18(29-14)22-15(24)12-23-16(25)11-21(20(23)27)9-7-6-8-10-21/h4-12H2,1-3H3,(H,22,24). The third-order valence-electron chi connectivity index (χ3n) is 5.90. The average molecular weight is 421 g/mol. The molecule has 29 heavy (non-hydrogen) atoms. The van der Waals surface area contributed by atoms with Gasteiger partial charge in [-0.15, -0.1) is 11.3 Å². The number of carbonyl (C=O) groups excluding carboxylic acids is 4. The van der Waals surface area contributed by atoms with Gasteiger partial charge in [0.2, 0.25) is 17.7 Å². The van der Waals surface area contributed by atoms with E-state index in [-0.39, 0.29) is 31.4 Å². The van der Waals surface area contributed by atoms with Crippen molar-refractivity contribution < 1.29 is 23.9 Å². The first-order valence-electron chi connectivity index (χ1n) is 10.3. The third-order valence-corrected chi connectivity index (χ3v) is 7.25. The van der Waals surface area contributed by atoms with Gasteiger partial charge in [-0.05, 0) is 38.7 Å². The molecule has 1 spiro atoms. The second-order valence-corrected chi connectivity index (χ2v) is 8.88. The van der Waals surface area contributed by atoms with Crippen LogP contribution in [-0.4, -0.2) is 41.7 Å². The number of esters is 1. The zero-order valence-electron chi connectivity index (χ0n) is 17.3.